The first-order chi connectivity index (χ1) is 4.27. The monoisotopic (exact) mass is 130 g/mol. The van der Waals surface area contributed by atoms with E-state index in [9.17, 15) is 0 Å². The maximum absolute atomic E-state index is 5.25. The molecule has 52 valence electrons. The molecule has 0 amide bonds. The lowest BCUT2D eigenvalue weighted by molar-refractivity contribution is -0.0102. The van der Waals surface area contributed by atoms with E-state index in [0.29, 0.717) is 0 Å². The van der Waals surface area contributed by atoms with E-state index < -0.39 is 0 Å². The van der Waals surface area contributed by atoms with E-state index in [1.165, 1.54) is 0 Å². The predicted molar refractivity (Wildman–Crippen MR) is 29.8 cm³/mol. The highest BCUT2D eigenvalue weighted by Gasteiger charge is 2.45. The molecule has 0 aromatic rings. The Morgan fingerprint density at radius 1 is 1.00 bits per heavy atom. The van der Waals surface area contributed by atoms with Gasteiger partial charge in [-0.05, 0) is 13.8 Å². The van der Waals surface area contributed by atoms with Gasteiger partial charge in [0.05, 0.1) is 0 Å². The third-order valence-electron chi connectivity index (χ3n) is 1.58. The van der Waals surface area contributed by atoms with Crippen LogP contribution in [-0.4, -0.2) is 24.8 Å². The Morgan fingerprint density at radius 2 is 1.33 bits per heavy atom. The number of ether oxygens (including phenoxy) is 3. The van der Waals surface area contributed by atoms with Crippen LogP contribution < -0.4 is 0 Å². The van der Waals surface area contributed by atoms with Gasteiger partial charge in [-0.15, -0.1) is 0 Å². The van der Waals surface area contributed by atoms with E-state index in [0.717, 1.165) is 0 Å². The average molecular weight is 130 g/mol. The van der Waals surface area contributed by atoms with Crippen LogP contribution in [0.25, 0.3) is 0 Å². The molecule has 0 saturated carbocycles. The van der Waals surface area contributed by atoms with Crippen LogP contribution in [-0.2, 0) is 14.2 Å². The van der Waals surface area contributed by atoms with E-state index >= 15 is 0 Å². The van der Waals surface area contributed by atoms with Crippen LogP contribution in [0, 0.1) is 0 Å². The third kappa shape index (κ3) is 1.08. The van der Waals surface area contributed by atoms with Gasteiger partial charge in [0.1, 0.15) is 12.2 Å². The molecule has 9 heavy (non-hydrogen) atoms. The first-order valence-electron chi connectivity index (χ1n) is 3.24. The fourth-order valence-corrected chi connectivity index (χ4v) is 0.750. The van der Waals surface area contributed by atoms with Crippen molar-refractivity contribution >= 4 is 0 Å². The summed E-state index contributed by atoms with van der Waals surface area (Å²) in [5, 5.41) is 0. The van der Waals surface area contributed by atoms with Crippen molar-refractivity contribution in [2.45, 2.75) is 38.6 Å². The van der Waals surface area contributed by atoms with Gasteiger partial charge in [0.15, 0.2) is 12.6 Å². The maximum atomic E-state index is 5.25. The van der Waals surface area contributed by atoms with Crippen LogP contribution in [0.4, 0.5) is 0 Å². The summed E-state index contributed by atoms with van der Waals surface area (Å²) < 4.78 is 15.3. The molecule has 2 fully saturated rings. The lowest BCUT2D eigenvalue weighted by atomic mass is 10.5. The van der Waals surface area contributed by atoms with Gasteiger partial charge in [0, 0.05) is 0 Å². The molecule has 4 atom stereocenters. The molecule has 2 heterocycles. The molecular formula is C6H10O3. The van der Waals surface area contributed by atoms with E-state index in [-0.39, 0.29) is 24.8 Å². The fourth-order valence-electron chi connectivity index (χ4n) is 0.750. The van der Waals surface area contributed by atoms with Gasteiger partial charge in [-0.25, -0.2) is 0 Å². The zero-order valence-electron chi connectivity index (χ0n) is 5.53. The predicted octanol–water partition coefficient (Wildman–Crippen LogP) is 0.493. The summed E-state index contributed by atoms with van der Waals surface area (Å²) in [6, 6.07) is 0. The average Bonchev–Trinajstić information content (AvgIpc) is 2.59. The van der Waals surface area contributed by atoms with Crippen molar-refractivity contribution in [3.63, 3.8) is 0 Å². The van der Waals surface area contributed by atoms with Gasteiger partial charge in [-0.1, -0.05) is 0 Å². The first-order valence-corrected chi connectivity index (χ1v) is 3.24. The highest BCUT2D eigenvalue weighted by atomic mass is 16.9. The van der Waals surface area contributed by atoms with Crippen molar-refractivity contribution in [3.05, 3.63) is 0 Å². The van der Waals surface area contributed by atoms with Crippen molar-refractivity contribution in [1.29, 1.82) is 0 Å². The quantitative estimate of drug-likeness (QED) is 0.510. The fraction of sp³-hybridized carbons (Fsp3) is 1.00. The molecule has 2 aliphatic rings. The standard InChI is InChI=1S/C6H10O3/c1-3-5(7-3)9-6-4(2)8-6/h3-6H,1-2H3/t3?,4?,5-,6?/m0/s1. The number of hydrogen-bond acceptors (Lipinski definition) is 3. The molecule has 0 N–H and O–H groups in total. The highest BCUT2D eigenvalue weighted by molar-refractivity contribution is 4.77. The lowest BCUT2D eigenvalue weighted by Gasteiger charge is -1.89. The normalized spacial score (nSPS) is 55.3. The summed E-state index contributed by atoms with van der Waals surface area (Å²) in [6.45, 7) is 3.97. The second-order valence-corrected chi connectivity index (χ2v) is 2.56. The zero-order valence-corrected chi connectivity index (χ0v) is 5.53. The van der Waals surface area contributed by atoms with Crippen molar-refractivity contribution in [2.24, 2.45) is 0 Å². The Hall–Kier alpha value is -0.120. The van der Waals surface area contributed by atoms with Gasteiger partial charge in [0.2, 0.25) is 0 Å². The van der Waals surface area contributed by atoms with Gasteiger partial charge in [-0.2, -0.15) is 0 Å². The molecule has 3 heteroatoms. The first kappa shape index (κ1) is 5.65. The second-order valence-electron chi connectivity index (χ2n) is 2.56. The zero-order chi connectivity index (χ0) is 6.43. The van der Waals surface area contributed by atoms with Crippen LogP contribution in [0.3, 0.4) is 0 Å². The maximum Gasteiger partial charge on any atom is 0.187 e. The van der Waals surface area contributed by atoms with Gasteiger partial charge in [0.25, 0.3) is 0 Å². The van der Waals surface area contributed by atoms with Crippen molar-refractivity contribution < 1.29 is 14.2 Å². The van der Waals surface area contributed by atoms with Crippen LogP contribution >= 0.6 is 0 Å². The molecule has 3 unspecified atom stereocenters. The molecule has 0 radical (unpaired) electrons. The van der Waals surface area contributed by atoms with E-state index in [1.54, 1.807) is 0 Å². The van der Waals surface area contributed by atoms with Gasteiger partial charge in [-0.3, -0.25) is 0 Å². The van der Waals surface area contributed by atoms with Crippen LogP contribution in [0.1, 0.15) is 13.8 Å². The Morgan fingerprint density at radius 3 is 1.56 bits per heavy atom. The van der Waals surface area contributed by atoms with Gasteiger partial charge < -0.3 is 14.2 Å². The van der Waals surface area contributed by atoms with Crippen molar-refractivity contribution in [1.82, 2.24) is 0 Å². The molecular weight excluding hydrogens is 120 g/mol. The van der Waals surface area contributed by atoms with Crippen molar-refractivity contribution in [3.8, 4) is 0 Å². The summed E-state index contributed by atoms with van der Waals surface area (Å²) in [6.07, 6.45) is 0.586. The Kier molecular flexibility index (Phi) is 1.06. The number of rotatable bonds is 2. The van der Waals surface area contributed by atoms with E-state index in [2.05, 4.69) is 0 Å². The smallest absolute Gasteiger partial charge is 0.187 e. The summed E-state index contributed by atoms with van der Waals surface area (Å²) in [4.78, 5) is 0. The lowest BCUT2D eigenvalue weighted by Crippen LogP contribution is -2.02. The molecule has 0 aromatic carbocycles. The Bertz CT molecular complexity index is 111. The summed E-state index contributed by atoms with van der Waals surface area (Å²) in [5.41, 5.74) is 0. The van der Waals surface area contributed by atoms with E-state index in [4.69, 9.17) is 14.2 Å². The summed E-state index contributed by atoms with van der Waals surface area (Å²) in [5.74, 6) is 0. The third-order valence-corrected chi connectivity index (χ3v) is 1.58. The molecule has 2 rings (SSSR count). The largest absolute Gasteiger partial charge is 0.342 e. The molecule has 0 spiro atoms. The molecule has 2 aliphatic heterocycles. The minimum absolute atomic E-state index is 0.0138. The van der Waals surface area contributed by atoms with Crippen LogP contribution in [0.15, 0.2) is 0 Å². The molecule has 0 bridgehead atoms. The van der Waals surface area contributed by atoms with Gasteiger partial charge >= 0.3 is 0 Å². The Balaban J connectivity index is 1.69. The molecule has 3 nitrogen and oxygen atoms in total. The minimum atomic E-state index is 0.0138. The van der Waals surface area contributed by atoms with Crippen LogP contribution in [0.2, 0.25) is 0 Å². The van der Waals surface area contributed by atoms with E-state index in [1.807, 2.05) is 13.8 Å². The SMILES string of the molecule is CC1OC1O[C@@H]1OC1C. The second kappa shape index (κ2) is 1.68. The summed E-state index contributed by atoms with van der Waals surface area (Å²) >= 11 is 0. The van der Waals surface area contributed by atoms with Crippen LogP contribution in [0.5, 0.6) is 0 Å². The van der Waals surface area contributed by atoms with Crippen molar-refractivity contribution in [2.75, 3.05) is 0 Å². The molecule has 0 aromatic heterocycles. The molecule has 0 aliphatic carbocycles. The molecule has 2 saturated heterocycles. The summed E-state index contributed by atoms with van der Waals surface area (Å²) in [7, 11) is 0. The number of hydrogen-bond donors (Lipinski definition) is 0. The highest BCUT2D eigenvalue weighted by Crippen LogP contribution is 2.31. The Labute approximate surface area is 53.9 Å². The minimum Gasteiger partial charge on any atom is -0.342 e. The number of epoxide rings is 2. The topological polar surface area (TPSA) is 34.3 Å².